The summed E-state index contributed by atoms with van der Waals surface area (Å²) in [5.41, 5.74) is -0.756. The lowest BCUT2D eigenvalue weighted by molar-refractivity contribution is -0.147. The van der Waals surface area contributed by atoms with Gasteiger partial charge in [0.25, 0.3) is 0 Å². The van der Waals surface area contributed by atoms with Gasteiger partial charge in [-0.3, -0.25) is 9.59 Å². The maximum absolute atomic E-state index is 11.8. The summed E-state index contributed by atoms with van der Waals surface area (Å²) in [6.07, 6.45) is 1.01. The van der Waals surface area contributed by atoms with Crippen LogP contribution in [0.5, 0.6) is 0 Å². The van der Waals surface area contributed by atoms with Crippen LogP contribution >= 0.6 is 0 Å². The monoisotopic (exact) mass is 228 g/mol. The van der Waals surface area contributed by atoms with Crippen molar-refractivity contribution in [3.8, 4) is 0 Å². The molecule has 0 aromatic rings. The number of hydrogen-bond acceptors (Lipinski definition) is 3. The number of rotatable bonds is 4. The Bertz CT molecular complexity index is 291. The Hall–Kier alpha value is -1.10. The van der Waals surface area contributed by atoms with Crippen LogP contribution in [-0.4, -0.2) is 60.5 Å². The van der Waals surface area contributed by atoms with Crippen molar-refractivity contribution in [3.63, 3.8) is 0 Å². The molecule has 1 amide bonds. The number of carbonyl (C=O) groups is 2. The second-order valence-electron chi connectivity index (χ2n) is 4.98. The lowest BCUT2D eigenvalue weighted by Crippen LogP contribution is -2.35. The van der Waals surface area contributed by atoms with E-state index in [0.29, 0.717) is 32.5 Å². The molecule has 0 radical (unpaired) electrons. The van der Waals surface area contributed by atoms with E-state index in [1.807, 2.05) is 19.0 Å². The van der Waals surface area contributed by atoms with Crippen LogP contribution in [0.3, 0.4) is 0 Å². The Balaban J connectivity index is 2.47. The van der Waals surface area contributed by atoms with Gasteiger partial charge in [-0.05, 0) is 27.4 Å². The molecule has 1 heterocycles. The fraction of sp³-hybridized carbons (Fsp3) is 0.818. The van der Waals surface area contributed by atoms with Crippen molar-refractivity contribution >= 4 is 11.9 Å². The van der Waals surface area contributed by atoms with E-state index < -0.39 is 11.4 Å². The van der Waals surface area contributed by atoms with Crippen molar-refractivity contribution in [1.82, 2.24) is 9.80 Å². The summed E-state index contributed by atoms with van der Waals surface area (Å²) in [5, 5.41) is 9.04. The number of carboxylic acid groups (broad SMARTS) is 1. The number of nitrogens with zero attached hydrogens (tertiary/aromatic N) is 2. The van der Waals surface area contributed by atoms with Gasteiger partial charge in [0.2, 0.25) is 5.91 Å². The standard InChI is InChI=1S/C11H20N2O3/c1-11(10(15)16)5-7-13(8-11)9(14)4-6-12(2)3/h4-8H2,1-3H3,(H,15,16). The molecule has 1 aliphatic heterocycles. The second kappa shape index (κ2) is 4.82. The Morgan fingerprint density at radius 2 is 2.06 bits per heavy atom. The third kappa shape index (κ3) is 2.95. The molecule has 1 unspecified atom stereocenters. The minimum absolute atomic E-state index is 0.0543. The molecule has 16 heavy (non-hydrogen) atoms. The largest absolute Gasteiger partial charge is 0.481 e. The molecule has 1 fully saturated rings. The summed E-state index contributed by atoms with van der Waals surface area (Å²) in [4.78, 5) is 26.4. The van der Waals surface area contributed by atoms with E-state index in [0.717, 1.165) is 0 Å². The molecule has 1 saturated heterocycles. The van der Waals surface area contributed by atoms with Crippen molar-refractivity contribution in [2.45, 2.75) is 19.8 Å². The fourth-order valence-electron chi connectivity index (χ4n) is 1.83. The number of amides is 1. The second-order valence-corrected chi connectivity index (χ2v) is 4.98. The van der Waals surface area contributed by atoms with E-state index in [2.05, 4.69) is 0 Å². The number of carbonyl (C=O) groups excluding carboxylic acids is 1. The molecule has 0 saturated carbocycles. The Kier molecular flexibility index (Phi) is 3.91. The van der Waals surface area contributed by atoms with Gasteiger partial charge in [-0.15, -0.1) is 0 Å². The first kappa shape index (κ1) is 13.0. The van der Waals surface area contributed by atoms with Crippen molar-refractivity contribution in [2.75, 3.05) is 33.7 Å². The van der Waals surface area contributed by atoms with E-state index in [-0.39, 0.29) is 5.91 Å². The molecule has 0 bridgehead atoms. The first-order valence-electron chi connectivity index (χ1n) is 5.51. The molecule has 1 atom stereocenters. The third-order valence-electron chi connectivity index (χ3n) is 3.12. The molecule has 1 N–H and O–H groups in total. The molecule has 5 heteroatoms. The van der Waals surface area contributed by atoms with Crippen molar-refractivity contribution < 1.29 is 14.7 Å². The normalized spacial score (nSPS) is 25.1. The summed E-state index contributed by atoms with van der Waals surface area (Å²) in [6, 6.07) is 0. The zero-order valence-corrected chi connectivity index (χ0v) is 10.2. The van der Waals surface area contributed by atoms with Crippen LogP contribution in [0.4, 0.5) is 0 Å². The van der Waals surface area contributed by atoms with Crippen LogP contribution in [-0.2, 0) is 9.59 Å². The van der Waals surface area contributed by atoms with Gasteiger partial charge in [-0.25, -0.2) is 0 Å². The van der Waals surface area contributed by atoms with Crippen LogP contribution in [0.15, 0.2) is 0 Å². The maximum Gasteiger partial charge on any atom is 0.311 e. The zero-order chi connectivity index (χ0) is 12.3. The highest BCUT2D eigenvalue weighted by molar-refractivity contribution is 5.80. The van der Waals surface area contributed by atoms with Gasteiger partial charge in [0.1, 0.15) is 0 Å². The average Bonchev–Trinajstić information content (AvgIpc) is 2.59. The van der Waals surface area contributed by atoms with Crippen LogP contribution in [0.2, 0.25) is 0 Å². The van der Waals surface area contributed by atoms with E-state index >= 15 is 0 Å². The first-order chi connectivity index (χ1) is 7.35. The average molecular weight is 228 g/mol. The van der Waals surface area contributed by atoms with E-state index in [1.165, 1.54) is 0 Å². The summed E-state index contributed by atoms with van der Waals surface area (Å²) in [6.45, 7) is 3.32. The fourth-order valence-corrected chi connectivity index (χ4v) is 1.83. The summed E-state index contributed by atoms with van der Waals surface area (Å²) in [7, 11) is 3.83. The predicted molar refractivity (Wildman–Crippen MR) is 60.1 cm³/mol. The smallest absolute Gasteiger partial charge is 0.311 e. The Morgan fingerprint density at radius 3 is 2.50 bits per heavy atom. The number of aliphatic carboxylic acids is 1. The quantitative estimate of drug-likeness (QED) is 0.750. The molecule has 92 valence electrons. The SMILES string of the molecule is CN(C)CCC(=O)N1CCC(C)(C(=O)O)C1. The molecule has 0 spiro atoms. The van der Waals surface area contributed by atoms with Gasteiger partial charge in [-0.2, -0.15) is 0 Å². The summed E-state index contributed by atoms with van der Waals surface area (Å²) in [5.74, 6) is -0.755. The van der Waals surface area contributed by atoms with Crippen LogP contribution in [0.1, 0.15) is 19.8 Å². The summed E-state index contributed by atoms with van der Waals surface area (Å²) >= 11 is 0. The lowest BCUT2D eigenvalue weighted by Gasteiger charge is -2.20. The molecule has 1 rings (SSSR count). The van der Waals surface area contributed by atoms with Crippen molar-refractivity contribution in [3.05, 3.63) is 0 Å². The topological polar surface area (TPSA) is 60.9 Å². The number of carboxylic acids is 1. The van der Waals surface area contributed by atoms with Gasteiger partial charge < -0.3 is 14.9 Å². The Labute approximate surface area is 96.0 Å². The zero-order valence-electron chi connectivity index (χ0n) is 10.2. The van der Waals surface area contributed by atoms with Gasteiger partial charge in [0.15, 0.2) is 0 Å². The predicted octanol–water partition coefficient (Wildman–Crippen LogP) is 0.261. The van der Waals surface area contributed by atoms with Crippen LogP contribution in [0.25, 0.3) is 0 Å². The van der Waals surface area contributed by atoms with Crippen molar-refractivity contribution in [2.24, 2.45) is 5.41 Å². The number of likely N-dealkylation sites (tertiary alicyclic amines) is 1. The molecule has 0 aromatic carbocycles. The minimum atomic E-state index is -0.810. The third-order valence-corrected chi connectivity index (χ3v) is 3.12. The van der Waals surface area contributed by atoms with E-state index in [9.17, 15) is 9.59 Å². The lowest BCUT2D eigenvalue weighted by atomic mass is 9.90. The maximum atomic E-state index is 11.8. The highest BCUT2D eigenvalue weighted by Gasteiger charge is 2.41. The van der Waals surface area contributed by atoms with Crippen LogP contribution < -0.4 is 0 Å². The van der Waals surface area contributed by atoms with Crippen LogP contribution in [0, 0.1) is 5.41 Å². The Morgan fingerprint density at radius 1 is 1.44 bits per heavy atom. The van der Waals surface area contributed by atoms with Crippen molar-refractivity contribution in [1.29, 1.82) is 0 Å². The van der Waals surface area contributed by atoms with Gasteiger partial charge in [0, 0.05) is 26.1 Å². The van der Waals surface area contributed by atoms with Gasteiger partial charge in [0.05, 0.1) is 5.41 Å². The molecule has 5 nitrogen and oxygen atoms in total. The highest BCUT2D eigenvalue weighted by atomic mass is 16.4. The van der Waals surface area contributed by atoms with Gasteiger partial charge in [-0.1, -0.05) is 0 Å². The highest BCUT2D eigenvalue weighted by Crippen LogP contribution is 2.30. The van der Waals surface area contributed by atoms with E-state index in [1.54, 1.807) is 11.8 Å². The molecule has 0 aromatic heterocycles. The summed E-state index contributed by atoms with van der Waals surface area (Å²) < 4.78 is 0. The molecule has 1 aliphatic rings. The van der Waals surface area contributed by atoms with Gasteiger partial charge >= 0.3 is 5.97 Å². The molecular formula is C11H20N2O3. The molecular weight excluding hydrogens is 208 g/mol. The first-order valence-corrected chi connectivity index (χ1v) is 5.51. The van der Waals surface area contributed by atoms with E-state index in [4.69, 9.17) is 5.11 Å². The number of hydrogen-bond donors (Lipinski definition) is 1. The molecule has 0 aliphatic carbocycles. The minimum Gasteiger partial charge on any atom is -0.481 e.